The van der Waals surface area contributed by atoms with Crippen molar-refractivity contribution in [2.24, 2.45) is 0 Å². The van der Waals surface area contributed by atoms with Crippen LogP contribution in [-0.2, 0) is 6.42 Å². The minimum Gasteiger partial charge on any atom is -0.496 e. The quantitative estimate of drug-likeness (QED) is 0.470. The molecule has 0 aliphatic carbocycles. The van der Waals surface area contributed by atoms with E-state index in [0.29, 0.717) is 30.0 Å². The Morgan fingerprint density at radius 2 is 1.97 bits per heavy atom. The number of aromatic nitrogens is 5. The van der Waals surface area contributed by atoms with Gasteiger partial charge in [-0.25, -0.2) is 9.97 Å². The van der Waals surface area contributed by atoms with Crippen molar-refractivity contribution in [3.8, 4) is 17.3 Å². The predicted molar refractivity (Wildman–Crippen MR) is 127 cm³/mol. The number of nitrogens with one attached hydrogen (secondary N) is 1. The number of nitrogens with zero attached hydrogens (tertiary/aromatic N) is 5. The minimum atomic E-state index is -0.160. The molecule has 1 saturated heterocycles. The third-order valence-corrected chi connectivity index (χ3v) is 6.11. The maximum absolute atomic E-state index is 13.6. The first kappa shape index (κ1) is 21.8. The first-order chi connectivity index (χ1) is 16.6. The summed E-state index contributed by atoms with van der Waals surface area (Å²) in [7, 11) is 1.66. The van der Waals surface area contributed by atoms with Gasteiger partial charge in [-0.3, -0.25) is 14.8 Å². The van der Waals surface area contributed by atoms with Gasteiger partial charge in [0.15, 0.2) is 5.82 Å². The molecule has 8 heteroatoms. The van der Waals surface area contributed by atoms with E-state index in [4.69, 9.17) is 4.74 Å². The predicted octanol–water partition coefficient (Wildman–Crippen LogP) is 4.15. The Morgan fingerprint density at radius 3 is 2.79 bits per heavy atom. The van der Waals surface area contributed by atoms with Gasteiger partial charge in [-0.05, 0) is 38.0 Å². The molecule has 1 atom stereocenters. The normalized spacial score (nSPS) is 15.5. The van der Waals surface area contributed by atoms with E-state index in [2.05, 4.69) is 24.9 Å². The molecule has 1 aromatic carbocycles. The van der Waals surface area contributed by atoms with Gasteiger partial charge in [0.2, 0.25) is 0 Å². The molecule has 1 fully saturated rings. The van der Waals surface area contributed by atoms with Gasteiger partial charge in [-0.15, -0.1) is 0 Å². The number of hydrogen-bond acceptors (Lipinski definition) is 6. The lowest BCUT2D eigenvalue weighted by molar-refractivity contribution is 0.0733. The van der Waals surface area contributed by atoms with E-state index < -0.39 is 0 Å². The summed E-state index contributed by atoms with van der Waals surface area (Å²) in [5, 5.41) is 0. The van der Waals surface area contributed by atoms with Gasteiger partial charge in [0.25, 0.3) is 5.91 Å². The monoisotopic (exact) mass is 454 g/mol. The average molecular weight is 455 g/mol. The SMILES string of the molecule is COc1ccccc1Cc1cc(C(=O)N2CCCC2c2nccnc2-c2ncc(C)[nH]2)ccn1. The number of hydrogen-bond donors (Lipinski definition) is 1. The highest BCUT2D eigenvalue weighted by Gasteiger charge is 2.34. The zero-order valence-electron chi connectivity index (χ0n) is 19.2. The second-order valence-electron chi connectivity index (χ2n) is 8.39. The molecule has 1 N–H and O–H groups in total. The van der Waals surface area contributed by atoms with E-state index in [-0.39, 0.29) is 11.9 Å². The molecule has 5 rings (SSSR count). The number of ether oxygens (including phenoxy) is 1. The van der Waals surface area contributed by atoms with Crippen LogP contribution >= 0.6 is 0 Å². The van der Waals surface area contributed by atoms with Crippen LogP contribution in [0.2, 0.25) is 0 Å². The van der Waals surface area contributed by atoms with Gasteiger partial charge in [-0.2, -0.15) is 0 Å². The van der Waals surface area contributed by atoms with Crippen LogP contribution in [0, 0.1) is 6.92 Å². The van der Waals surface area contributed by atoms with Crippen LogP contribution in [0.4, 0.5) is 0 Å². The molecule has 1 unspecified atom stereocenters. The van der Waals surface area contributed by atoms with Gasteiger partial charge in [-0.1, -0.05) is 18.2 Å². The number of rotatable bonds is 6. The fraction of sp³-hybridized carbons (Fsp3) is 0.269. The molecule has 8 nitrogen and oxygen atoms in total. The van der Waals surface area contributed by atoms with Gasteiger partial charge >= 0.3 is 0 Å². The van der Waals surface area contributed by atoms with Crippen molar-refractivity contribution in [3.05, 3.63) is 89.4 Å². The van der Waals surface area contributed by atoms with Gasteiger partial charge in [0.1, 0.15) is 11.4 Å². The molecule has 4 aromatic rings. The number of carbonyl (C=O) groups is 1. The number of imidazole rings is 1. The summed E-state index contributed by atoms with van der Waals surface area (Å²) in [5.41, 5.74) is 4.87. The molecular weight excluding hydrogens is 428 g/mol. The number of H-pyrrole nitrogens is 1. The van der Waals surface area contributed by atoms with E-state index >= 15 is 0 Å². The molecular formula is C26H26N6O2. The maximum atomic E-state index is 13.6. The van der Waals surface area contributed by atoms with Crippen LogP contribution < -0.4 is 4.74 Å². The third kappa shape index (κ3) is 4.26. The highest BCUT2D eigenvalue weighted by Crippen LogP contribution is 2.35. The van der Waals surface area contributed by atoms with Crippen LogP contribution in [0.25, 0.3) is 11.5 Å². The summed E-state index contributed by atoms with van der Waals surface area (Å²) in [6.07, 6.45) is 9.12. The van der Waals surface area contributed by atoms with Crippen LogP contribution in [0.3, 0.4) is 0 Å². The number of carbonyl (C=O) groups excluding carboxylic acids is 1. The van der Waals surface area contributed by atoms with Crippen molar-refractivity contribution < 1.29 is 9.53 Å². The highest BCUT2D eigenvalue weighted by molar-refractivity contribution is 5.94. The zero-order valence-corrected chi connectivity index (χ0v) is 19.2. The number of benzene rings is 1. The molecule has 0 bridgehead atoms. The fourth-order valence-electron chi connectivity index (χ4n) is 4.52. The van der Waals surface area contributed by atoms with Crippen LogP contribution in [0.15, 0.2) is 61.2 Å². The molecule has 0 radical (unpaired) electrons. The lowest BCUT2D eigenvalue weighted by atomic mass is 10.1. The molecule has 4 heterocycles. The second kappa shape index (κ2) is 9.43. The van der Waals surface area contributed by atoms with Gasteiger partial charge in [0.05, 0.1) is 18.8 Å². The molecule has 1 aliphatic heterocycles. The maximum Gasteiger partial charge on any atom is 0.254 e. The van der Waals surface area contributed by atoms with Gasteiger partial charge < -0.3 is 14.6 Å². The number of methoxy groups -OCH3 is 1. The van der Waals surface area contributed by atoms with Crippen LogP contribution in [0.5, 0.6) is 5.75 Å². The van der Waals surface area contributed by atoms with Crippen LogP contribution in [0.1, 0.15) is 51.9 Å². The topological polar surface area (TPSA) is 96.9 Å². The minimum absolute atomic E-state index is 0.0293. The Morgan fingerprint density at radius 1 is 1.12 bits per heavy atom. The summed E-state index contributed by atoms with van der Waals surface area (Å²) in [6, 6.07) is 11.3. The zero-order chi connectivity index (χ0) is 23.5. The largest absolute Gasteiger partial charge is 0.496 e. The molecule has 0 spiro atoms. The smallest absolute Gasteiger partial charge is 0.254 e. The second-order valence-corrected chi connectivity index (χ2v) is 8.39. The third-order valence-electron chi connectivity index (χ3n) is 6.11. The molecule has 3 aromatic heterocycles. The van der Waals surface area contributed by atoms with Crippen molar-refractivity contribution in [1.82, 2.24) is 29.8 Å². The van der Waals surface area contributed by atoms with E-state index in [1.54, 1.807) is 38.0 Å². The Hall–Kier alpha value is -4.07. The number of para-hydroxylation sites is 1. The lowest BCUT2D eigenvalue weighted by Crippen LogP contribution is -2.31. The van der Waals surface area contributed by atoms with Crippen LogP contribution in [-0.4, -0.2) is 49.4 Å². The number of aromatic amines is 1. The molecule has 0 saturated carbocycles. The number of aryl methyl sites for hydroxylation is 1. The first-order valence-corrected chi connectivity index (χ1v) is 11.3. The summed E-state index contributed by atoms with van der Waals surface area (Å²) >= 11 is 0. The Kier molecular flexibility index (Phi) is 6.03. The van der Waals surface area contributed by atoms with E-state index in [0.717, 1.165) is 41.2 Å². The molecule has 172 valence electrons. The molecule has 1 amide bonds. The summed E-state index contributed by atoms with van der Waals surface area (Å²) < 4.78 is 5.47. The van der Waals surface area contributed by atoms with E-state index in [1.807, 2.05) is 42.2 Å². The van der Waals surface area contributed by atoms with Crippen molar-refractivity contribution in [2.45, 2.75) is 32.2 Å². The van der Waals surface area contributed by atoms with Crippen molar-refractivity contribution in [2.75, 3.05) is 13.7 Å². The number of pyridine rings is 1. The molecule has 34 heavy (non-hydrogen) atoms. The van der Waals surface area contributed by atoms with E-state index in [9.17, 15) is 4.79 Å². The first-order valence-electron chi connectivity index (χ1n) is 11.3. The van der Waals surface area contributed by atoms with Crippen molar-refractivity contribution >= 4 is 5.91 Å². The fourth-order valence-corrected chi connectivity index (χ4v) is 4.52. The lowest BCUT2D eigenvalue weighted by Gasteiger charge is -2.25. The summed E-state index contributed by atoms with van der Waals surface area (Å²) in [6.45, 7) is 2.62. The average Bonchev–Trinajstić information content (AvgIpc) is 3.53. The number of amides is 1. The summed E-state index contributed by atoms with van der Waals surface area (Å²) in [4.78, 5) is 36.8. The standard InChI is InChI=1S/C26H26N6O2/c1-17-16-30-25(31-17)24-23(28-11-12-29-24)21-7-5-13-32(21)26(33)19-9-10-27-20(15-19)14-18-6-3-4-8-22(18)34-2/h3-4,6,8-12,15-16,21H,5,7,13-14H2,1-2H3,(H,30,31). The Balaban J connectivity index is 1.42. The number of likely N-dealkylation sites (tertiary alicyclic amines) is 1. The Bertz CT molecular complexity index is 1320. The highest BCUT2D eigenvalue weighted by atomic mass is 16.5. The van der Waals surface area contributed by atoms with E-state index in [1.165, 1.54) is 0 Å². The van der Waals surface area contributed by atoms with Gasteiger partial charge in [0, 0.05) is 60.3 Å². The Labute approximate surface area is 198 Å². The van der Waals surface area contributed by atoms with Crippen molar-refractivity contribution in [1.29, 1.82) is 0 Å². The molecule has 1 aliphatic rings. The summed E-state index contributed by atoms with van der Waals surface area (Å²) in [5.74, 6) is 1.45. The van der Waals surface area contributed by atoms with Crippen molar-refractivity contribution in [3.63, 3.8) is 0 Å².